The predicted octanol–water partition coefficient (Wildman–Crippen LogP) is 3.59. The summed E-state index contributed by atoms with van der Waals surface area (Å²) in [6.45, 7) is 0. The summed E-state index contributed by atoms with van der Waals surface area (Å²) in [7, 11) is 6.21. The van der Waals surface area contributed by atoms with Crippen molar-refractivity contribution in [1.82, 2.24) is 25.5 Å². The van der Waals surface area contributed by atoms with Crippen LogP contribution in [0, 0.1) is 0 Å². The lowest BCUT2D eigenvalue weighted by Crippen LogP contribution is -2.40. The summed E-state index contributed by atoms with van der Waals surface area (Å²) in [5.41, 5.74) is 1.26. The second-order valence-corrected chi connectivity index (χ2v) is 8.34. The van der Waals surface area contributed by atoms with Crippen LogP contribution in [-0.4, -0.2) is 53.4 Å². The van der Waals surface area contributed by atoms with Crippen molar-refractivity contribution in [2.45, 2.75) is 69.4 Å². The Bertz CT molecular complexity index is 760. The molecule has 2 aliphatic rings. The van der Waals surface area contributed by atoms with Gasteiger partial charge in [0, 0.05) is 50.1 Å². The monoisotopic (exact) mass is 383 g/mol. The molecule has 0 bridgehead atoms. The van der Waals surface area contributed by atoms with Gasteiger partial charge in [0.15, 0.2) is 5.82 Å². The number of hydrogen-bond acceptors (Lipinski definition) is 6. The molecule has 0 amide bonds. The minimum atomic E-state index is 0.504. The number of nitrogens with zero attached hydrogens (tertiary/aromatic N) is 5. The highest BCUT2D eigenvalue weighted by molar-refractivity contribution is 5.56. The summed E-state index contributed by atoms with van der Waals surface area (Å²) in [6, 6.07) is 5.29. The van der Waals surface area contributed by atoms with E-state index in [2.05, 4.69) is 45.6 Å². The van der Waals surface area contributed by atoms with Crippen molar-refractivity contribution in [3.05, 3.63) is 24.0 Å². The standard InChI is InChI=1S/C21H33N7/c1-22-16-8-10-17(11-9-16)27(2)21-23-13-12-19(24-21)28(3)20-14-18(25-26-20)15-6-4-5-7-15/h12-17,22H,4-11H2,1-3H3,(H,25,26). The topological polar surface area (TPSA) is 73.0 Å². The first-order valence-electron chi connectivity index (χ1n) is 10.7. The van der Waals surface area contributed by atoms with E-state index in [1.807, 2.05) is 24.2 Å². The minimum Gasteiger partial charge on any atom is -0.341 e. The van der Waals surface area contributed by atoms with Crippen molar-refractivity contribution in [3.63, 3.8) is 0 Å². The second kappa shape index (κ2) is 8.47. The zero-order valence-corrected chi connectivity index (χ0v) is 17.4. The van der Waals surface area contributed by atoms with Gasteiger partial charge in [-0.25, -0.2) is 4.98 Å². The first-order chi connectivity index (χ1) is 13.7. The summed E-state index contributed by atoms with van der Waals surface area (Å²) in [4.78, 5) is 13.7. The molecule has 2 aliphatic carbocycles. The van der Waals surface area contributed by atoms with Crippen LogP contribution in [0.3, 0.4) is 0 Å². The van der Waals surface area contributed by atoms with Gasteiger partial charge in [-0.1, -0.05) is 12.8 Å². The van der Waals surface area contributed by atoms with Gasteiger partial charge in [0.2, 0.25) is 5.95 Å². The summed E-state index contributed by atoms with van der Waals surface area (Å²) < 4.78 is 0. The van der Waals surface area contributed by atoms with Crippen LogP contribution >= 0.6 is 0 Å². The third-order valence-electron chi connectivity index (χ3n) is 6.66. The minimum absolute atomic E-state index is 0.504. The van der Waals surface area contributed by atoms with Crippen LogP contribution in [-0.2, 0) is 0 Å². The number of aromatic amines is 1. The van der Waals surface area contributed by atoms with Crippen LogP contribution in [0.5, 0.6) is 0 Å². The fourth-order valence-electron chi connectivity index (χ4n) is 4.67. The average molecular weight is 384 g/mol. The molecular formula is C21H33N7. The normalized spacial score (nSPS) is 23.1. The van der Waals surface area contributed by atoms with E-state index in [0.29, 0.717) is 18.0 Å². The Balaban J connectivity index is 1.45. The van der Waals surface area contributed by atoms with Crippen molar-refractivity contribution >= 4 is 17.6 Å². The SMILES string of the molecule is CNC1CCC(N(C)c2nccc(N(C)c3cc(C4CCCC4)[nH]n3)n2)CC1. The number of rotatable bonds is 6. The molecule has 0 aliphatic heterocycles. The van der Waals surface area contributed by atoms with Crippen LogP contribution < -0.4 is 15.1 Å². The number of anilines is 3. The van der Waals surface area contributed by atoms with E-state index in [-0.39, 0.29) is 0 Å². The van der Waals surface area contributed by atoms with E-state index in [9.17, 15) is 0 Å². The van der Waals surface area contributed by atoms with Gasteiger partial charge in [-0.15, -0.1) is 0 Å². The Morgan fingerprint density at radius 2 is 1.79 bits per heavy atom. The molecule has 152 valence electrons. The van der Waals surface area contributed by atoms with Crippen LogP contribution in [0.25, 0.3) is 0 Å². The molecule has 2 fully saturated rings. The van der Waals surface area contributed by atoms with E-state index < -0.39 is 0 Å². The lowest BCUT2D eigenvalue weighted by molar-refractivity contribution is 0.349. The smallest absolute Gasteiger partial charge is 0.227 e. The van der Waals surface area contributed by atoms with Gasteiger partial charge in [0.25, 0.3) is 0 Å². The van der Waals surface area contributed by atoms with Crippen molar-refractivity contribution in [2.75, 3.05) is 30.9 Å². The third kappa shape index (κ3) is 3.99. The van der Waals surface area contributed by atoms with Crippen LogP contribution in [0.15, 0.2) is 18.3 Å². The lowest BCUT2D eigenvalue weighted by Gasteiger charge is -2.34. The number of H-pyrrole nitrogens is 1. The third-order valence-corrected chi connectivity index (χ3v) is 6.66. The number of hydrogen-bond donors (Lipinski definition) is 2. The quantitative estimate of drug-likeness (QED) is 0.794. The Morgan fingerprint density at radius 3 is 2.50 bits per heavy atom. The lowest BCUT2D eigenvalue weighted by atomic mass is 9.90. The molecule has 2 heterocycles. The van der Waals surface area contributed by atoms with E-state index in [0.717, 1.165) is 17.6 Å². The van der Waals surface area contributed by atoms with Crippen molar-refractivity contribution in [3.8, 4) is 0 Å². The summed E-state index contributed by atoms with van der Waals surface area (Å²) >= 11 is 0. The van der Waals surface area contributed by atoms with Gasteiger partial charge >= 0.3 is 0 Å². The molecule has 7 heteroatoms. The van der Waals surface area contributed by atoms with E-state index >= 15 is 0 Å². The summed E-state index contributed by atoms with van der Waals surface area (Å²) in [5, 5.41) is 11.2. The Hall–Kier alpha value is -2.15. The van der Waals surface area contributed by atoms with Crippen LogP contribution in [0.4, 0.5) is 17.6 Å². The molecule has 28 heavy (non-hydrogen) atoms. The molecule has 0 atom stereocenters. The molecule has 2 aromatic heterocycles. The summed E-state index contributed by atoms with van der Waals surface area (Å²) in [6.07, 6.45) is 11.8. The molecule has 2 N–H and O–H groups in total. The van der Waals surface area contributed by atoms with Gasteiger partial charge in [0.05, 0.1) is 0 Å². The first-order valence-corrected chi connectivity index (χ1v) is 10.7. The van der Waals surface area contributed by atoms with Gasteiger partial charge in [-0.2, -0.15) is 10.1 Å². The first kappa shape index (κ1) is 19.2. The van der Waals surface area contributed by atoms with Crippen LogP contribution in [0.1, 0.15) is 63.0 Å². The average Bonchev–Trinajstić information content (AvgIpc) is 3.44. The van der Waals surface area contributed by atoms with Gasteiger partial charge in [-0.3, -0.25) is 5.10 Å². The largest absolute Gasteiger partial charge is 0.341 e. The number of aromatic nitrogens is 4. The van der Waals surface area contributed by atoms with E-state index in [1.54, 1.807) is 0 Å². The molecule has 2 saturated carbocycles. The molecule has 0 spiro atoms. The Morgan fingerprint density at radius 1 is 1.04 bits per heavy atom. The Kier molecular flexibility index (Phi) is 5.80. The van der Waals surface area contributed by atoms with E-state index in [1.165, 1.54) is 57.1 Å². The number of nitrogens with one attached hydrogen (secondary N) is 2. The molecule has 0 radical (unpaired) electrons. The molecule has 0 unspecified atom stereocenters. The molecule has 2 aromatic rings. The highest BCUT2D eigenvalue weighted by Crippen LogP contribution is 2.35. The van der Waals surface area contributed by atoms with E-state index in [4.69, 9.17) is 4.98 Å². The van der Waals surface area contributed by atoms with Crippen molar-refractivity contribution in [2.24, 2.45) is 0 Å². The molecule has 7 nitrogen and oxygen atoms in total. The van der Waals surface area contributed by atoms with Crippen LogP contribution in [0.2, 0.25) is 0 Å². The Labute approximate surface area is 167 Å². The molecule has 0 aromatic carbocycles. The van der Waals surface area contributed by atoms with Crippen molar-refractivity contribution < 1.29 is 0 Å². The highest BCUT2D eigenvalue weighted by Gasteiger charge is 2.25. The predicted molar refractivity (Wildman–Crippen MR) is 113 cm³/mol. The van der Waals surface area contributed by atoms with Gasteiger partial charge in [0.1, 0.15) is 5.82 Å². The maximum Gasteiger partial charge on any atom is 0.227 e. The molecule has 4 rings (SSSR count). The fraction of sp³-hybridized carbons (Fsp3) is 0.667. The fourth-order valence-corrected chi connectivity index (χ4v) is 4.67. The summed E-state index contributed by atoms with van der Waals surface area (Å²) in [5.74, 6) is 3.23. The molecule has 0 saturated heterocycles. The van der Waals surface area contributed by atoms with Gasteiger partial charge < -0.3 is 15.1 Å². The molecular weight excluding hydrogens is 350 g/mol. The second-order valence-electron chi connectivity index (χ2n) is 8.34. The van der Waals surface area contributed by atoms with Gasteiger partial charge in [-0.05, 0) is 51.6 Å². The maximum absolute atomic E-state index is 4.84. The maximum atomic E-state index is 4.84. The van der Waals surface area contributed by atoms with Crippen molar-refractivity contribution in [1.29, 1.82) is 0 Å². The highest BCUT2D eigenvalue weighted by atomic mass is 15.3. The zero-order chi connectivity index (χ0) is 19.5. The zero-order valence-electron chi connectivity index (χ0n) is 17.4.